The maximum absolute atomic E-state index is 12.8. The maximum Gasteiger partial charge on any atom is 0.269 e. The number of aromatic nitrogens is 3. The molecule has 0 spiro atoms. The van der Waals surface area contributed by atoms with E-state index in [4.69, 9.17) is 9.47 Å². The van der Waals surface area contributed by atoms with Crippen molar-refractivity contribution in [3.05, 3.63) is 71.3 Å². The van der Waals surface area contributed by atoms with Gasteiger partial charge in [0.25, 0.3) is 11.8 Å². The number of nitrogens with zero attached hydrogens (tertiary/aromatic N) is 5. The Morgan fingerprint density at radius 3 is 2.72 bits per heavy atom. The normalized spacial score (nSPS) is 15.7. The number of hydrogen-bond donors (Lipinski definition) is 2. The smallest absolute Gasteiger partial charge is 0.269 e. The summed E-state index contributed by atoms with van der Waals surface area (Å²) in [6, 6.07) is 5.26. The minimum atomic E-state index is -0.334. The first kappa shape index (κ1) is 34.6. The minimum Gasteiger partial charge on any atom is -0.506 e. The number of aliphatic hydroxyl groups is 1. The van der Waals surface area contributed by atoms with Crippen LogP contribution in [0.2, 0.25) is 0 Å². The van der Waals surface area contributed by atoms with E-state index in [1.54, 1.807) is 31.4 Å². The number of aryl methyl sites for hydroxylation is 2. The number of nitrogens with one attached hydrogen (secondary N) is 1. The third-order valence-electron chi connectivity index (χ3n) is 8.10. The summed E-state index contributed by atoms with van der Waals surface area (Å²) in [6.07, 6.45) is 16.3. The lowest BCUT2D eigenvalue weighted by molar-refractivity contribution is -0.113. The van der Waals surface area contributed by atoms with Crippen molar-refractivity contribution in [1.82, 2.24) is 25.2 Å². The second kappa shape index (κ2) is 18.0. The predicted molar refractivity (Wildman–Crippen MR) is 179 cm³/mol. The van der Waals surface area contributed by atoms with Gasteiger partial charge in [0.2, 0.25) is 0 Å². The van der Waals surface area contributed by atoms with Gasteiger partial charge in [0.1, 0.15) is 5.76 Å². The highest BCUT2D eigenvalue weighted by atomic mass is 16.5. The number of carbonyl (C=O) groups excluding carboxylic acids is 2. The third kappa shape index (κ3) is 10.1. The Balaban J connectivity index is 1.16. The second-order valence-electron chi connectivity index (χ2n) is 11.7. The Labute approximate surface area is 272 Å². The van der Waals surface area contributed by atoms with Crippen LogP contribution in [0.3, 0.4) is 0 Å². The largest absolute Gasteiger partial charge is 0.506 e. The molecule has 1 unspecified atom stereocenters. The van der Waals surface area contributed by atoms with Gasteiger partial charge in [0.15, 0.2) is 11.5 Å². The number of amides is 2. The molecule has 1 aromatic heterocycles. The molecule has 2 aromatic rings. The van der Waals surface area contributed by atoms with Crippen molar-refractivity contribution < 1.29 is 24.2 Å². The molecule has 4 rings (SSSR count). The molecule has 2 N–H and O–H groups in total. The molecule has 0 saturated heterocycles. The molecule has 248 valence electrons. The number of aliphatic hydroxyl groups excluding tert-OH is 1. The van der Waals surface area contributed by atoms with E-state index in [2.05, 4.69) is 39.4 Å². The number of aliphatic imine (C=N–C) groups is 1. The lowest BCUT2D eigenvalue weighted by Gasteiger charge is -2.27. The molecule has 2 heterocycles. The number of ether oxygens (including phenoxy) is 2. The number of dihydropyridines is 1. The fraction of sp³-hybridized carbons (Fsp3) is 0.514. The Morgan fingerprint density at radius 2 is 1.91 bits per heavy atom. The number of allylic oxidation sites excluding steroid dienone is 4. The SMILES string of the molecule is CCCCn1cc(CCCOc2ccc(C(=O)NCCCCN(CCC)CCC3=CC=C(O)C4=NC(=O)C=CC34)cc2OC)nn1. The first-order valence-corrected chi connectivity index (χ1v) is 16.5. The van der Waals surface area contributed by atoms with E-state index in [1.165, 1.54) is 6.08 Å². The molecule has 2 aliphatic rings. The topological polar surface area (TPSA) is 131 Å². The van der Waals surface area contributed by atoms with Crippen LogP contribution in [-0.2, 0) is 17.8 Å². The van der Waals surface area contributed by atoms with Gasteiger partial charge in [-0.1, -0.05) is 43.2 Å². The number of benzene rings is 1. The van der Waals surface area contributed by atoms with Crippen molar-refractivity contribution in [2.24, 2.45) is 10.9 Å². The minimum absolute atomic E-state index is 0.0631. The second-order valence-corrected chi connectivity index (χ2v) is 11.7. The molecule has 0 radical (unpaired) electrons. The van der Waals surface area contributed by atoms with Gasteiger partial charge in [-0.05, 0) is 82.3 Å². The zero-order chi connectivity index (χ0) is 32.7. The molecule has 0 saturated carbocycles. The summed E-state index contributed by atoms with van der Waals surface area (Å²) in [5.41, 5.74) is 3.07. The molecule has 46 heavy (non-hydrogen) atoms. The van der Waals surface area contributed by atoms with Crippen LogP contribution in [0.4, 0.5) is 0 Å². The van der Waals surface area contributed by atoms with Crippen molar-refractivity contribution in [3.63, 3.8) is 0 Å². The monoisotopic (exact) mass is 632 g/mol. The number of methoxy groups -OCH3 is 1. The maximum atomic E-state index is 12.8. The summed E-state index contributed by atoms with van der Waals surface area (Å²) in [7, 11) is 1.57. The average molecular weight is 633 g/mol. The molecule has 0 fully saturated rings. The number of fused-ring (bicyclic) bond motifs is 1. The van der Waals surface area contributed by atoms with Crippen LogP contribution in [0.5, 0.6) is 11.5 Å². The Morgan fingerprint density at radius 1 is 1.04 bits per heavy atom. The van der Waals surface area contributed by atoms with E-state index in [-0.39, 0.29) is 23.5 Å². The molecule has 2 amide bonds. The van der Waals surface area contributed by atoms with Crippen molar-refractivity contribution >= 4 is 17.5 Å². The number of hydrogen-bond acceptors (Lipinski definition) is 8. The first-order valence-electron chi connectivity index (χ1n) is 16.5. The van der Waals surface area contributed by atoms with Gasteiger partial charge < -0.3 is 24.8 Å². The lowest BCUT2D eigenvalue weighted by Crippen LogP contribution is -2.31. The highest BCUT2D eigenvalue weighted by Gasteiger charge is 2.27. The van der Waals surface area contributed by atoms with E-state index in [1.807, 2.05) is 23.0 Å². The summed E-state index contributed by atoms with van der Waals surface area (Å²) in [6.45, 7) is 9.09. The quantitative estimate of drug-likeness (QED) is 0.189. The van der Waals surface area contributed by atoms with Gasteiger partial charge in [-0.25, -0.2) is 4.99 Å². The fourth-order valence-corrected chi connectivity index (χ4v) is 5.57. The van der Waals surface area contributed by atoms with Gasteiger partial charge in [-0.3, -0.25) is 14.3 Å². The number of unbranched alkanes of at least 4 members (excludes halogenated alkanes) is 2. The molecule has 1 atom stereocenters. The van der Waals surface area contributed by atoms with E-state index < -0.39 is 0 Å². The molecule has 1 aliphatic carbocycles. The summed E-state index contributed by atoms with van der Waals surface area (Å²) < 4.78 is 13.3. The summed E-state index contributed by atoms with van der Waals surface area (Å²) in [5, 5.41) is 21.6. The highest BCUT2D eigenvalue weighted by molar-refractivity contribution is 6.13. The fourth-order valence-electron chi connectivity index (χ4n) is 5.57. The average Bonchev–Trinajstić information content (AvgIpc) is 3.52. The zero-order valence-electron chi connectivity index (χ0n) is 27.4. The molecule has 1 aliphatic heterocycles. The standard InChI is InChI=1S/C35H48N6O5/c1-4-6-21-41-25-28(38-39-41)10-9-23-46-31-15-12-27(24-32(31)45-3)35(44)36-18-7-8-20-40(19-5-2)22-17-26-11-14-30(42)34-29(26)13-16-33(43)37-34/h11-16,24-25,29,42H,4-10,17-23H2,1-3H3,(H,36,44). The van der Waals surface area contributed by atoms with Gasteiger partial charge in [0, 0.05) is 43.4 Å². The van der Waals surface area contributed by atoms with E-state index in [9.17, 15) is 14.7 Å². The van der Waals surface area contributed by atoms with Crippen molar-refractivity contribution in [2.75, 3.05) is 39.9 Å². The van der Waals surface area contributed by atoms with Crippen LogP contribution in [0.1, 0.15) is 74.8 Å². The number of rotatable bonds is 20. The Bertz CT molecular complexity index is 1440. The summed E-state index contributed by atoms with van der Waals surface area (Å²) >= 11 is 0. The summed E-state index contributed by atoms with van der Waals surface area (Å²) in [5.74, 6) is 0.581. The number of carbonyl (C=O) groups is 2. The molecule has 11 heteroatoms. The predicted octanol–water partition coefficient (Wildman–Crippen LogP) is 5.25. The zero-order valence-corrected chi connectivity index (χ0v) is 27.4. The lowest BCUT2D eigenvalue weighted by atomic mass is 9.85. The Kier molecular flexibility index (Phi) is 13.6. The van der Waals surface area contributed by atoms with E-state index >= 15 is 0 Å². The van der Waals surface area contributed by atoms with Crippen LogP contribution in [0, 0.1) is 5.92 Å². The van der Waals surface area contributed by atoms with Crippen LogP contribution >= 0.6 is 0 Å². The molecule has 0 bridgehead atoms. The molecule has 11 nitrogen and oxygen atoms in total. The van der Waals surface area contributed by atoms with E-state index in [0.29, 0.717) is 35.9 Å². The Hall–Kier alpha value is -4.25. The third-order valence-corrected chi connectivity index (χ3v) is 8.10. The van der Waals surface area contributed by atoms with Crippen molar-refractivity contribution in [1.29, 1.82) is 0 Å². The van der Waals surface area contributed by atoms with E-state index in [0.717, 1.165) is 88.8 Å². The van der Waals surface area contributed by atoms with Crippen molar-refractivity contribution in [2.45, 2.75) is 71.8 Å². The van der Waals surface area contributed by atoms with Gasteiger partial charge in [-0.15, -0.1) is 5.10 Å². The molecule has 1 aromatic carbocycles. The van der Waals surface area contributed by atoms with Gasteiger partial charge in [-0.2, -0.15) is 0 Å². The molecular weight excluding hydrogens is 584 g/mol. The van der Waals surface area contributed by atoms with Crippen LogP contribution in [0.25, 0.3) is 0 Å². The van der Waals surface area contributed by atoms with Gasteiger partial charge >= 0.3 is 0 Å². The summed E-state index contributed by atoms with van der Waals surface area (Å²) in [4.78, 5) is 31.0. The molecular formula is C35H48N6O5. The van der Waals surface area contributed by atoms with Crippen molar-refractivity contribution in [3.8, 4) is 11.5 Å². The van der Waals surface area contributed by atoms with Crippen LogP contribution in [0.15, 0.2) is 65.0 Å². The first-order chi connectivity index (χ1) is 22.4. The highest BCUT2D eigenvalue weighted by Crippen LogP contribution is 2.29. The van der Waals surface area contributed by atoms with Crippen LogP contribution in [-0.4, -0.2) is 82.4 Å². The van der Waals surface area contributed by atoms with Crippen LogP contribution < -0.4 is 14.8 Å². The van der Waals surface area contributed by atoms with Gasteiger partial charge in [0.05, 0.1) is 25.1 Å².